The van der Waals surface area contributed by atoms with E-state index < -0.39 is 5.97 Å². The Morgan fingerprint density at radius 3 is 2.67 bits per heavy atom. The molecule has 0 bridgehead atoms. The normalized spacial score (nSPS) is 12.5. The van der Waals surface area contributed by atoms with E-state index in [1.54, 1.807) is 36.0 Å². The lowest BCUT2D eigenvalue weighted by atomic mass is 10.1. The minimum absolute atomic E-state index is 0.244. The number of carbonyl (C=O) groups is 2. The first-order valence-electron chi connectivity index (χ1n) is 8.44. The highest BCUT2D eigenvalue weighted by Gasteiger charge is 2.16. The monoisotopic (exact) mass is 379 g/mol. The van der Waals surface area contributed by atoms with Crippen LogP contribution in [0.2, 0.25) is 0 Å². The van der Waals surface area contributed by atoms with Crippen LogP contribution in [-0.4, -0.2) is 34.3 Å². The van der Waals surface area contributed by atoms with E-state index >= 15 is 0 Å². The second kappa shape index (κ2) is 7.28. The molecule has 1 amide bonds. The number of ether oxygens (including phenoxy) is 1. The first-order chi connectivity index (χ1) is 13.1. The molecule has 2 aromatic carbocycles. The minimum atomic E-state index is -0.431. The van der Waals surface area contributed by atoms with Gasteiger partial charge in [0.2, 0.25) is 0 Å². The summed E-state index contributed by atoms with van der Waals surface area (Å²) in [5.41, 5.74) is 3.41. The van der Waals surface area contributed by atoms with Gasteiger partial charge in [0, 0.05) is 35.3 Å². The lowest BCUT2D eigenvalue weighted by Crippen LogP contribution is -2.12. The number of anilines is 1. The second-order valence-corrected chi connectivity index (χ2v) is 7.12. The van der Waals surface area contributed by atoms with Crippen LogP contribution in [0.15, 0.2) is 59.9 Å². The van der Waals surface area contributed by atoms with E-state index in [0.717, 1.165) is 28.7 Å². The van der Waals surface area contributed by atoms with Gasteiger partial charge in [-0.25, -0.2) is 9.78 Å². The molecule has 0 saturated heterocycles. The van der Waals surface area contributed by atoms with Crippen molar-refractivity contribution in [1.82, 2.24) is 9.55 Å². The topological polar surface area (TPSA) is 73.2 Å². The lowest BCUT2D eigenvalue weighted by Gasteiger charge is -2.07. The Bertz CT molecular complexity index is 990. The predicted octanol–water partition coefficient (Wildman–Crippen LogP) is 3.69. The Kier molecular flexibility index (Phi) is 4.68. The van der Waals surface area contributed by atoms with Crippen molar-refractivity contribution < 1.29 is 14.3 Å². The molecule has 0 radical (unpaired) electrons. The van der Waals surface area contributed by atoms with Crippen LogP contribution in [0.5, 0.6) is 0 Å². The molecule has 7 heteroatoms. The van der Waals surface area contributed by atoms with Gasteiger partial charge in [-0.2, -0.15) is 0 Å². The Labute approximate surface area is 160 Å². The summed E-state index contributed by atoms with van der Waals surface area (Å²) in [5.74, 6) is 0.388. The summed E-state index contributed by atoms with van der Waals surface area (Å²) in [4.78, 5) is 28.6. The summed E-state index contributed by atoms with van der Waals surface area (Å²) < 4.78 is 6.81. The van der Waals surface area contributed by atoms with E-state index in [2.05, 4.69) is 19.6 Å². The molecular formula is C20H17N3O3S. The SMILES string of the molecule is COC(=O)c1ccc(C(=O)Nc2cccc(-c3cn4c(n3)SCC4)c2)cc1. The molecule has 4 rings (SSSR count). The van der Waals surface area contributed by atoms with Crippen LogP contribution in [0, 0.1) is 0 Å². The number of aromatic nitrogens is 2. The number of nitrogens with one attached hydrogen (secondary N) is 1. The first-order valence-corrected chi connectivity index (χ1v) is 9.43. The predicted molar refractivity (Wildman–Crippen MR) is 104 cm³/mol. The van der Waals surface area contributed by atoms with Gasteiger partial charge in [0.15, 0.2) is 5.16 Å². The Morgan fingerprint density at radius 1 is 1.15 bits per heavy atom. The van der Waals surface area contributed by atoms with E-state index in [4.69, 9.17) is 0 Å². The smallest absolute Gasteiger partial charge is 0.337 e. The number of rotatable bonds is 4. The molecule has 136 valence electrons. The van der Waals surface area contributed by atoms with Crippen LogP contribution in [0.3, 0.4) is 0 Å². The number of esters is 1. The van der Waals surface area contributed by atoms with Gasteiger partial charge >= 0.3 is 5.97 Å². The second-order valence-electron chi connectivity index (χ2n) is 6.05. The number of methoxy groups -OCH3 is 1. The van der Waals surface area contributed by atoms with Crippen LogP contribution >= 0.6 is 11.8 Å². The quantitative estimate of drug-likeness (QED) is 0.700. The fourth-order valence-corrected chi connectivity index (χ4v) is 3.83. The van der Waals surface area contributed by atoms with E-state index in [1.165, 1.54) is 7.11 Å². The summed E-state index contributed by atoms with van der Waals surface area (Å²) in [6.07, 6.45) is 2.04. The zero-order valence-electron chi connectivity index (χ0n) is 14.6. The third-order valence-electron chi connectivity index (χ3n) is 4.29. The number of amides is 1. The molecule has 1 aliphatic rings. The molecule has 1 N–H and O–H groups in total. The van der Waals surface area contributed by atoms with Crippen LogP contribution in [0.4, 0.5) is 5.69 Å². The largest absolute Gasteiger partial charge is 0.465 e. The summed E-state index contributed by atoms with van der Waals surface area (Å²) >= 11 is 1.75. The number of thioether (sulfide) groups is 1. The average Bonchev–Trinajstić information content (AvgIpc) is 3.30. The number of hydrogen-bond acceptors (Lipinski definition) is 5. The van der Waals surface area contributed by atoms with Crippen LogP contribution in [-0.2, 0) is 11.3 Å². The van der Waals surface area contributed by atoms with E-state index in [-0.39, 0.29) is 5.91 Å². The fraction of sp³-hybridized carbons (Fsp3) is 0.150. The Balaban J connectivity index is 1.50. The molecule has 6 nitrogen and oxygen atoms in total. The summed E-state index contributed by atoms with van der Waals surface area (Å²) in [6, 6.07) is 14.0. The highest BCUT2D eigenvalue weighted by Crippen LogP contribution is 2.30. The first kappa shape index (κ1) is 17.4. The van der Waals surface area contributed by atoms with Crippen molar-refractivity contribution in [2.45, 2.75) is 11.7 Å². The van der Waals surface area contributed by atoms with Gasteiger partial charge in [-0.3, -0.25) is 4.79 Å². The number of hydrogen-bond donors (Lipinski definition) is 1. The van der Waals surface area contributed by atoms with Crippen molar-refractivity contribution in [3.05, 3.63) is 65.9 Å². The van der Waals surface area contributed by atoms with Crippen LogP contribution in [0.1, 0.15) is 20.7 Å². The van der Waals surface area contributed by atoms with Crippen molar-refractivity contribution in [3.63, 3.8) is 0 Å². The van der Waals surface area contributed by atoms with Crippen LogP contribution < -0.4 is 5.32 Å². The van der Waals surface area contributed by atoms with E-state index in [0.29, 0.717) is 16.8 Å². The van der Waals surface area contributed by atoms with E-state index in [1.807, 2.05) is 30.5 Å². The summed E-state index contributed by atoms with van der Waals surface area (Å²) in [5, 5.41) is 3.92. The zero-order chi connectivity index (χ0) is 18.8. The number of aryl methyl sites for hydroxylation is 1. The number of carbonyl (C=O) groups excluding carboxylic acids is 2. The van der Waals surface area contributed by atoms with Crippen molar-refractivity contribution in [2.24, 2.45) is 0 Å². The highest BCUT2D eigenvalue weighted by molar-refractivity contribution is 7.99. The van der Waals surface area contributed by atoms with Gasteiger partial charge in [-0.05, 0) is 36.4 Å². The van der Waals surface area contributed by atoms with Gasteiger partial charge in [0.25, 0.3) is 5.91 Å². The van der Waals surface area contributed by atoms with Crippen LogP contribution in [0.25, 0.3) is 11.3 Å². The summed E-state index contributed by atoms with van der Waals surface area (Å²) in [7, 11) is 1.32. The molecule has 0 atom stereocenters. The molecule has 27 heavy (non-hydrogen) atoms. The van der Waals surface area contributed by atoms with Gasteiger partial charge in [0.05, 0.1) is 18.4 Å². The highest BCUT2D eigenvalue weighted by atomic mass is 32.2. The minimum Gasteiger partial charge on any atom is -0.465 e. The maximum Gasteiger partial charge on any atom is 0.337 e. The van der Waals surface area contributed by atoms with Crippen molar-refractivity contribution in [1.29, 1.82) is 0 Å². The number of benzene rings is 2. The van der Waals surface area contributed by atoms with Gasteiger partial charge in [-0.15, -0.1) is 0 Å². The standard InChI is InChI=1S/C20H17N3O3S/c1-26-19(25)14-7-5-13(6-8-14)18(24)21-16-4-2-3-15(11-16)17-12-23-9-10-27-20(23)22-17/h2-8,11-12H,9-10H2,1H3,(H,21,24). The molecule has 2 heterocycles. The average molecular weight is 379 g/mol. The Morgan fingerprint density at radius 2 is 1.93 bits per heavy atom. The van der Waals surface area contributed by atoms with Gasteiger partial charge in [0.1, 0.15) is 0 Å². The molecule has 3 aromatic rings. The lowest BCUT2D eigenvalue weighted by molar-refractivity contribution is 0.0600. The molecule has 0 fully saturated rings. The molecule has 0 unspecified atom stereocenters. The van der Waals surface area contributed by atoms with Crippen molar-refractivity contribution in [2.75, 3.05) is 18.2 Å². The molecular weight excluding hydrogens is 362 g/mol. The number of nitrogens with zero attached hydrogens (tertiary/aromatic N) is 2. The van der Waals surface area contributed by atoms with E-state index in [9.17, 15) is 9.59 Å². The molecule has 0 saturated carbocycles. The van der Waals surface area contributed by atoms with Crippen molar-refractivity contribution >= 4 is 29.3 Å². The molecule has 1 aromatic heterocycles. The molecule has 0 spiro atoms. The van der Waals surface area contributed by atoms with Gasteiger partial charge in [-0.1, -0.05) is 23.9 Å². The number of fused-ring (bicyclic) bond motifs is 1. The summed E-state index contributed by atoms with van der Waals surface area (Å²) in [6.45, 7) is 0.977. The third kappa shape index (κ3) is 3.59. The molecule has 1 aliphatic heterocycles. The Hall–Kier alpha value is -3.06. The molecule has 0 aliphatic carbocycles. The maximum atomic E-state index is 12.5. The number of imidazole rings is 1. The third-order valence-corrected chi connectivity index (χ3v) is 5.26. The van der Waals surface area contributed by atoms with Crippen molar-refractivity contribution in [3.8, 4) is 11.3 Å². The zero-order valence-corrected chi connectivity index (χ0v) is 15.5. The van der Waals surface area contributed by atoms with Gasteiger partial charge < -0.3 is 14.6 Å². The maximum absolute atomic E-state index is 12.5. The fourth-order valence-electron chi connectivity index (χ4n) is 2.88.